The minimum Gasteiger partial charge on any atom is -0.260 e. The van der Waals surface area contributed by atoms with Gasteiger partial charge in [0.2, 0.25) is 0 Å². The van der Waals surface area contributed by atoms with E-state index in [4.69, 9.17) is 18.0 Å². The van der Waals surface area contributed by atoms with E-state index in [0.717, 1.165) is 6.42 Å². The van der Waals surface area contributed by atoms with Crippen LogP contribution in [0, 0.1) is 12.3 Å². The molecule has 2 N–H and O–H groups in total. The first kappa shape index (κ1) is 14.2. The zero-order valence-corrected chi connectivity index (χ0v) is 9.95. The van der Waals surface area contributed by atoms with Crippen LogP contribution in [0.4, 0.5) is 4.39 Å². The van der Waals surface area contributed by atoms with Crippen LogP contribution in [0.15, 0.2) is 22.5 Å². The Morgan fingerprint density at radius 3 is 2.60 bits per heavy atom. The van der Waals surface area contributed by atoms with E-state index < -0.39 is 5.83 Å². The summed E-state index contributed by atoms with van der Waals surface area (Å²) < 4.78 is 12.7. The Morgan fingerprint density at radius 2 is 2.27 bits per heavy atom. The number of hydrogen-bond acceptors (Lipinski definition) is 2. The first-order chi connectivity index (χ1) is 7.06. The highest BCUT2D eigenvalue weighted by atomic mass is 35.5. The summed E-state index contributed by atoms with van der Waals surface area (Å²) in [5, 5.41) is 0.0410. The van der Waals surface area contributed by atoms with Gasteiger partial charge in [0.15, 0.2) is 0 Å². The lowest BCUT2D eigenvalue weighted by Crippen LogP contribution is -2.38. The van der Waals surface area contributed by atoms with Crippen molar-refractivity contribution in [3.05, 3.63) is 22.5 Å². The number of halogens is 2. The molecule has 15 heavy (non-hydrogen) atoms. The highest BCUT2D eigenvalue weighted by Crippen LogP contribution is 2.16. The molecule has 1 unspecified atom stereocenters. The van der Waals surface area contributed by atoms with Gasteiger partial charge >= 0.3 is 0 Å². The van der Waals surface area contributed by atoms with Crippen molar-refractivity contribution < 1.29 is 4.39 Å². The van der Waals surface area contributed by atoms with Crippen LogP contribution >= 0.6 is 11.6 Å². The molecule has 0 aliphatic rings. The standard InChI is InChI=1S/C11H16ClFN2/c1-5-9(7-10(12)8(3)13)11(6-2)15-14-4/h1,7,11,14-15H,6H2,2-4H3/b9-7-,10-8-. The van der Waals surface area contributed by atoms with E-state index in [0.29, 0.717) is 5.57 Å². The van der Waals surface area contributed by atoms with Crippen LogP contribution in [-0.2, 0) is 0 Å². The predicted octanol–water partition coefficient (Wildman–Crippen LogP) is 2.49. The second-order valence-electron chi connectivity index (χ2n) is 2.98. The van der Waals surface area contributed by atoms with Crippen LogP contribution in [-0.4, -0.2) is 13.1 Å². The molecule has 0 fully saturated rings. The summed E-state index contributed by atoms with van der Waals surface area (Å²) in [5.74, 6) is 2.06. The number of rotatable bonds is 5. The summed E-state index contributed by atoms with van der Waals surface area (Å²) >= 11 is 5.67. The highest BCUT2D eigenvalue weighted by Gasteiger charge is 2.09. The third-order valence-electron chi connectivity index (χ3n) is 1.88. The molecule has 0 aromatic heterocycles. The second kappa shape index (κ2) is 7.47. The lowest BCUT2D eigenvalue weighted by molar-refractivity contribution is 0.502. The van der Waals surface area contributed by atoms with E-state index in [1.165, 1.54) is 13.0 Å². The maximum Gasteiger partial charge on any atom is 0.115 e. The quantitative estimate of drug-likeness (QED) is 0.431. The number of terminal acetylenes is 1. The Morgan fingerprint density at radius 1 is 1.67 bits per heavy atom. The van der Waals surface area contributed by atoms with E-state index >= 15 is 0 Å². The summed E-state index contributed by atoms with van der Waals surface area (Å²) in [7, 11) is 1.74. The summed E-state index contributed by atoms with van der Waals surface area (Å²) in [5.41, 5.74) is 6.38. The summed E-state index contributed by atoms with van der Waals surface area (Å²) in [4.78, 5) is 0. The molecule has 0 radical (unpaired) electrons. The summed E-state index contributed by atoms with van der Waals surface area (Å²) in [6.45, 7) is 3.26. The van der Waals surface area contributed by atoms with Crippen molar-refractivity contribution in [2.45, 2.75) is 26.3 Å². The third kappa shape index (κ3) is 4.98. The first-order valence-corrected chi connectivity index (χ1v) is 5.06. The molecule has 4 heteroatoms. The summed E-state index contributed by atoms with van der Waals surface area (Å²) in [6, 6.07) is -0.0481. The van der Waals surface area contributed by atoms with Gasteiger partial charge in [-0.25, -0.2) is 9.82 Å². The average molecular weight is 231 g/mol. The fraction of sp³-hybridized carbons (Fsp3) is 0.455. The van der Waals surface area contributed by atoms with Crippen molar-refractivity contribution >= 4 is 11.6 Å². The number of nitrogens with one attached hydrogen (secondary N) is 2. The zero-order valence-electron chi connectivity index (χ0n) is 9.20. The van der Waals surface area contributed by atoms with E-state index in [1.807, 2.05) is 6.92 Å². The van der Waals surface area contributed by atoms with Crippen LogP contribution in [0.1, 0.15) is 20.3 Å². The van der Waals surface area contributed by atoms with Crippen LogP contribution in [0.3, 0.4) is 0 Å². The van der Waals surface area contributed by atoms with Crippen LogP contribution in [0.2, 0.25) is 0 Å². The van der Waals surface area contributed by atoms with Crippen molar-refractivity contribution in [1.82, 2.24) is 10.9 Å². The van der Waals surface area contributed by atoms with Crippen molar-refractivity contribution in [2.24, 2.45) is 0 Å². The molecule has 0 aliphatic carbocycles. The minimum atomic E-state index is -0.441. The smallest absolute Gasteiger partial charge is 0.115 e. The Balaban J connectivity index is 4.90. The average Bonchev–Trinajstić information content (AvgIpc) is 2.22. The molecule has 0 rings (SSSR count). The monoisotopic (exact) mass is 230 g/mol. The van der Waals surface area contributed by atoms with E-state index in [2.05, 4.69) is 16.8 Å². The predicted molar refractivity (Wildman–Crippen MR) is 62.9 cm³/mol. The van der Waals surface area contributed by atoms with Gasteiger partial charge in [-0.05, 0) is 26.5 Å². The van der Waals surface area contributed by atoms with Crippen LogP contribution in [0.25, 0.3) is 0 Å². The Kier molecular flexibility index (Phi) is 7.06. The summed E-state index contributed by atoms with van der Waals surface area (Å²) in [6.07, 6.45) is 7.59. The SMILES string of the molecule is C#C/C(=C/C(Cl)=C(\C)F)C(CC)NNC. The Labute approximate surface area is 95.5 Å². The molecule has 0 saturated carbocycles. The van der Waals surface area contributed by atoms with Gasteiger partial charge in [-0.15, -0.1) is 6.42 Å². The van der Waals surface area contributed by atoms with Gasteiger partial charge in [-0.1, -0.05) is 24.4 Å². The van der Waals surface area contributed by atoms with Gasteiger partial charge in [0.25, 0.3) is 0 Å². The molecule has 0 amide bonds. The largest absolute Gasteiger partial charge is 0.260 e. The number of hydrazine groups is 1. The van der Waals surface area contributed by atoms with Gasteiger partial charge in [0.1, 0.15) is 5.83 Å². The molecule has 0 aromatic rings. The second-order valence-corrected chi connectivity index (χ2v) is 3.39. The van der Waals surface area contributed by atoms with Gasteiger partial charge < -0.3 is 0 Å². The fourth-order valence-electron chi connectivity index (χ4n) is 1.05. The molecular formula is C11H16ClFN2. The van der Waals surface area contributed by atoms with E-state index in [-0.39, 0.29) is 11.1 Å². The van der Waals surface area contributed by atoms with Crippen molar-refractivity contribution in [3.8, 4) is 12.3 Å². The number of hydrogen-bond donors (Lipinski definition) is 2. The van der Waals surface area contributed by atoms with Crippen molar-refractivity contribution in [3.63, 3.8) is 0 Å². The Bertz CT molecular complexity index is 298. The molecule has 84 valence electrons. The lowest BCUT2D eigenvalue weighted by atomic mass is 10.1. The van der Waals surface area contributed by atoms with E-state index in [9.17, 15) is 4.39 Å². The molecular weight excluding hydrogens is 215 g/mol. The van der Waals surface area contributed by atoms with Gasteiger partial charge in [0, 0.05) is 5.57 Å². The number of allylic oxidation sites excluding steroid dienone is 3. The first-order valence-electron chi connectivity index (χ1n) is 4.69. The molecule has 1 atom stereocenters. The molecule has 0 bridgehead atoms. The topological polar surface area (TPSA) is 24.1 Å². The zero-order chi connectivity index (χ0) is 11.8. The maximum absolute atomic E-state index is 12.7. The van der Waals surface area contributed by atoms with Crippen LogP contribution < -0.4 is 10.9 Å². The molecule has 2 nitrogen and oxygen atoms in total. The van der Waals surface area contributed by atoms with Gasteiger partial charge in [-0.3, -0.25) is 5.43 Å². The molecule has 0 saturated heterocycles. The van der Waals surface area contributed by atoms with Crippen molar-refractivity contribution in [1.29, 1.82) is 0 Å². The van der Waals surface area contributed by atoms with Gasteiger partial charge in [-0.2, -0.15) is 0 Å². The van der Waals surface area contributed by atoms with Crippen molar-refractivity contribution in [2.75, 3.05) is 7.05 Å². The fourth-order valence-corrected chi connectivity index (χ4v) is 1.17. The molecule has 0 heterocycles. The molecule has 0 aliphatic heterocycles. The molecule has 0 aromatic carbocycles. The van der Waals surface area contributed by atoms with Crippen LogP contribution in [0.5, 0.6) is 0 Å². The minimum absolute atomic E-state index is 0.0410. The van der Waals surface area contributed by atoms with Gasteiger partial charge in [0.05, 0.1) is 11.1 Å². The normalized spacial score (nSPS) is 15.6. The molecule has 0 spiro atoms. The maximum atomic E-state index is 12.7. The Hall–Kier alpha value is -0.820. The van der Waals surface area contributed by atoms with E-state index in [1.54, 1.807) is 7.05 Å². The highest BCUT2D eigenvalue weighted by molar-refractivity contribution is 6.31. The lowest BCUT2D eigenvalue weighted by Gasteiger charge is -2.15. The third-order valence-corrected chi connectivity index (χ3v) is 2.25.